The van der Waals surface area contributed by atoms with Gasteiger partial charge in [-0.3, -0.25) is 19.2 Å². The Bertz CT molecular complexity index is 968. The highest BCUT2D eigenvalue weighted by Crippen LogP contribution is 2.36. The normalized spacial score (nSPS) is 25.2. The van der Waals surface area contributed by atoms with Crippen LogP contribution in [0.2, 0.25) is 0 Å². The number of hydrogen-bond acceptors (Lipinski definition) is 6. The maximum atomic E-state index is 14.0. The molecule has 5 N–H and O–H groups in total. The van der Waals surface area contributed by atoms with Crippen LogP contribution in [0.4, 0.5) is 0 Å². The zero-order chi connectivity index (χ0) is 26.6. The minimum Gasteiger partial charge on any atom is -0.393 e. The van der Waals surface area contributed by atoms with Crippen molar-refractivity contribution in [1.29, 1.82) is 0 Å². The summed E-state index contributed by atoms with van der Waals surface area (Å²) in [5, 5.41) is 22.5. The summed E-state index contributed by atoms with van der Waals surface area (Å²) in [5.41, 5.74) is 4.94. The summed E-state index contributed by atoms with van der Waals surface area (Å²) in [6.07, 6.45) is 0.176. The molecule has 0 unspecified atom stereocenters. The minimum absolute atomic E-state index is 0.210. The molecule has 1 aromatic rings. The molecule has 2 saturated heterocycles. The van der Waals surface area contributed by atoms with Crippen molar-refractivity contribution in [2.75, 3.05) is 13.1 Å². The van der Waals surface area contributed by atoms with Gasteiger partial charge < -0.3 is 31.1 Å². The highest BCUT2D eigenvalue weighted by atomic mass is 16.3. The second-order valence-corrected chi connectivity index (χ2v) is 10.1. The molecule has 0 aliphatic carbocycles. The second kappa shape index (κ2) is 11.4. The third-order valence-corrected chi connectivity index (χ3v) is 7.53. The molecule has 0 aromatic heterocycles. The molecule has 0 radical (unpaired) electrons. The Morgan fingerprint density at radius 1 is 1.06 bits per heavy atom. The van der Waals surface area contributed by atoms with Crippen LogP contribution in [0, 0.1) is 5.92 Å². The lowest BCUT2D eigenvalue weighted by molar-refractivity contribution is -0.153. The Morgan fingerprint density at radius 3 is 2.31 bits per heavy atom. The highest BCUT2D eigenvalue weighted by Gasteiger charge is 2.53. The van der Waals surface area contributed by atoms with Crippen molar-refractivity contribution in [3.8, 4) is 0 Å². The molecule has 0 saturated carbocycles. The van der Waals surface area contributed by atoms with Gasteiger partial charge >= 0.3 is 0 Å². The van der Waals surface area contributed by atoms with E-state index < -0.39 is 47.6 Å². The predicted molar refractivity (Wildman–Crippen MR) is 132 cm³/mol. The number of nitrogens with zero attached hydrogens (tertiary/aromatic N) is 2. The zero-order valence-electron chi connectivity index (χ0n) is 21.2. The molecule has 2 heterocycles. The fourth-order valence-corrected chi connectivity index (χ4v) is 5.27. The number of likely N-dealkylation sites (tertiary alicyclic amines) is 2. The third kappa shape index (κ3) is 5.54. The summed E-state index contributed by atoms with van der Waals surface area (Å²) in [7, 11) is 0. The number of nitrogens with two attached hydrogens (primary N) is 1. The molecule has 2 fully saturated rings. The van der Waals surface area contributed by atoms with Gasteiger partial charge in [0.1, 0.15) is 17.6 Å². The monoisotopic (exact) mass is 502 g/mol. The summed E-state index contributed by atoms with van der Waals surface area (Å²) >= 11 is 0. The van der Waals surface area contributed by atoms with E-state index >= 15 is 0 Å². The van der Waals surface area contributed by atoms with Crippen LogP contribution in [0.1, 0.15) is 52.0 Å². The van der Waals surface area contributed by atoms with E-state index in [4.69, 9.17) is 5.73 Å². The Hall–Kier alpha value is -2.98. The Balaban J connectivity index is 1.96. The van der Waals surface area contributed by atoms with Crippen LogP contribution in [-0.2, 0) is 25.6 Å². The summed E-state index contributed by atoms with van der Waals surface area (Å²) in [6, 6.07) is 7.24. The standard InChI is InChI=1S/C26H38N4O6/c1-16(17(2)31)23(34)29-13-7-11-20(29)24(35)30-14-8-12-26(30,15-19-9-5-4-6-10-19)25(36)28-21(18(3)32)22(27)33/h4-6,9-10,16-18,20-21,31-32H,7-8,11-15H2,1-3H3,(H2,27,33)(H,28,36)/t16-,17+,18+,20-,21-,26+/m0/s1. The largest absolute Gasteiger partial charge is 0.393 e. The SMILES string of the molecule is C[C@H](C(=O)N1CCC[C@H]1C(=O)N1CCC[C@@]1(Cc1ccccc1)C(=O)N[C@H](C(N)=O)[C@@H](C)O)[C@@H](C)O. The number of hydrogen-bond donors (Lipinski definition) is 4. The number of carbonyl (C=O) groups excluding carboxylic acids is 4. The number of aliphatic hydroxyl groups is 2. The van der Waals surface area contributed by atoms with Gasteiger partial charge in [0, 0.05) is 19.5 Å². The lowest BCUT2D eigenvalue weighted by atomic mass is 9.86. The molecule has 4 amide bonds. The van der Waals surface area contributed by atoms with Gasteiger partial charge in [0.05, 0.1) is 18.1 Å². The lowest BCUT2D eigenvalue weighted by Gasteiger charge is -2.41. The molecule has 6 atom stereocenters. The number of rotatable bonds is 9. The quantitative estimate of drug-likeness (QED) is 0.371. The molecule has 0 bridgehead atoms. The summed E-state index contributed by atoms with van der Waals surface area (Å²) in [4.78, 5) is 55.8. The first kappa shape index (κ1) is 27.6. The van der Waals surface area contributed by atoms with Crippen LogP contribution in [-0.4, -0.2) is 86.6 Å². The van der Waals surface area contributed by atoms with Gasteiger partial charge in [-0.15, -0.1) is 0 Å². The van der Waals surface area contributed by atoms with Crippen molar-refractivity contribution in [3.63, 3.8) is 0 Å². The molecule has 198 valence electrons. The van der Waals surface area contributed by atoms with Crippen LogP contribution >= 0.6 is 0 Å². The number of amides is 4. The molecular weight excluding hydrogens is 464 g/mol. The van der Waals surface area contributed by atoms with E-state index in [1.165, 1.54) is 11.8 Å². The average molecular weight is 503 g/mol. The number of aliphatic hydroxyl groups excluding tert-OH is 2. The van der Waals surface area contributed by atoms with Crippen molar-refractivity contribution in [2.24, 2.45) is 11.7 Å². The lowest BCUT2D eigenvalue weighted by Crippen LogP contribution is -2.65. The van der Waals surface area contributed by atoms with Crippen molar-refractivity contribution in [3.05, 3.63) is 35.9 Å². The average Bonchev–Trinajstić information content (AvgIpc) is 3.49. The van der Waals surface area contributed by atoms with Crippen molar-refractivity contribution < 1.29 is 29.4 Å². The first-order valence-corrected chi connectivity index (χ1v) is 12.6. The van der Waals surface area contributed by atoms with Gasteiger partial charge in [0.25, 0.3) is 0 Å². The Labute approximate surface area is 211 Å². The number of primary amides is 1. The maximum Gasteiger partial charge on any atom is 0.247 e. The zero-order valence-corrected chi connectivity index (χ0v) is 21.2. The van der Waals surface area contributed by atoms with E-state index in [-0.39, 0.29) is 18.2 Å². The van der Waals surface area contributed by atoms with Crippen LogP contribution in [0.5, 0.6) is 0 Å². The van der Waals surface area contributed by atoms with E-state index in [0.717, 1.165) is 5.56 Å². The Kier molecular flexibility index (Phi) is 8.73. The minimum atomic E-state index is -1.31. The van der Waals surface area contributed by atoms with Crippen LogP contribution < -0.4 is 11.1 Å². The molecule has 10 nitrogen and oxygen atoms in total. The third-order valence-electron chi connectivity index (χ3n) is 7.53. The van der Waals surface area contributed by atoms with Gasteiger partial charge in [0.15, 0.2) is 0 Å². The molecule has 3 rings (SSSR count). The van der Waals surface area contributed by atoms with Crippen LogP contribution in [0.25, 0.3) is 0 Å². The summed E-state index contributed by atoms with van der Waals surface area (Å²) in [5.74, 6) is -2.70. The van der Waals surface area contributed by atoms with E-state index in [0.29, 0.717) is 38.8 Å². The number of benzene rings is 1. The molecule has 10 heteroatoms. The number of nitrogens with one attached hydrogen (secondary N) is 1. The Morgan fingerprint density at radius 2 is 1.72 bits per heavy atom. The van der Waals surface area contributed by atoms with Crippen LogP contribution in [0.3, 0.4) is 0 Å². The van der Waals surface area contributed by atoms with Gasteiger partial charge in [-0.25, -0.2) is 0 Å². The highest BCUT2D eigenvalue weighted by molar-refractivity contribution is 5.97. The van der Waals surface area contributed by atoms with Crippen molar-refractivity contribution >= 4 is 23.6 Å². The fourth-order valence-electron chi connectivity index (χ4n) is 5.27. The first-order chi connectivity index (χ1) is 17.0. The smallest absolute Gasteiger partial charge is 0.247 e. The number of carbonyl (C=O) groups is 4. The molecule has 36 heavy (non-hydrogen) atoms. The van der Waals surface area contributed by atoms with Gasteiger partial charge in [-0.2, -0.15) is 0 Å². The van der Waals surface area contributed by atoms with Crippen molar-refractivity contribution in [1.82, 2.24) is 15.1 Å². The molecule has 2 aliphatic heterocycles. The van der Waals surface area contributed by atoms with E-state index in [9.17, 15) is 29.4 Å². The van der Waals surface area contributed by atoms with E-state index in [1.54, 1.807) is 18.7 Å². The van der Waals surface area contributed by atoms with Gasteiger partial charge in [-0.1, -0.05) is 37.3 Å². The predicted octanol–water partition coefficient (Wildman–Crippen LogP) is -0.0509. The van der Waals surface area contributed by atoms with Gasteiger partial charge in [-0.05, 0) is 45.1 Å². The van der Waals surface area contributed by atoms with Gasteiger partial charge in [0.2, 0.25) is 23.6 Å². The molecule has 0 spiro atoms. The second-order valence-electron chi connectivity index (χ2n) is 10.1. The van der Waals surface area contributed by atoms with E-state index in [2.05, 4.69) is 5.32 Å². The molecule has 2 aliphatic rings. The van der Waals surface area contributed by atoms with E-state index in [1.807, 2.05) is 30.3 Å². The molecular formula is C26H38N4O6. The first-order valence-electron chi connectivity index (χ1n) is 12.6. The van der Waals surface area contributed by atoms with Crippen LogP contribution in [0.15, 0.2) is 30.3 Å². The maximum absolute atomic E-state index is 14.0. The summed E-state index contributed by atoms with van der Waals surface area (Å²) in [6.45, 7) is 5.27. The topological polar surface area (TPSA) is 153 Å². The summed E-state index contributed by atoms with van der Waals surface area (Å²) < 4.78 is 0. The molecule has 1 aromatic carbocycles. The fraction of sp³-hybridized carbons (Fsp3) is 0.615. The van der Waals surface area contributed by atoms with Crippen molar-refractivity contribution in [2.45, 2.75) is 82.7 Å².